The summed E-state index contributed by atoms with van der Waals surface area (Å²) in [5.74, 6) is 0.846. The standard InChI is InChI=1S/C12H19ClN2O2S/c1-2-4-11(6-7-13)9-15-18(16,17)12-5-3-8-14-10-12/h3,5,8,10-11,15H,2,4,6-7,9H2,1H3. The zero-order chi connectivity index (χ0) is 13.4. The van der Waals surface area contributed by atoms with Crippen LogP contribution in [0.1, 0.15) is 26.2 Å². The van der Waals surface area contributed by atoms with Crippen LogP contribution in [0.4, 0.5) is 0 Å². The average molecular weight is 291 g/mol. The van der Waals surface area contributed by atoms with Crippen LogP contribution in [0.15, 0.2) is 29.4 Å². The van der Waals surface area contributed by atoms with Crippen LogP contribution in [0.25, 0.3) is 0 Å². The van der Waals surface area contributed by atoms with Gasteiger partial charge in [-0.2, -0.15) is 0 Å². The highest BCUT2D eigenvalue weighted by Gasteiger charge is 2.16. The van der Waals surface area contributed by atoms with E-state index in [0.29, 0.717) is 18.3 Å². The molecule has 4 nitrogen and oxygen atoms in total. The molecule has 0 aliphatic heterocycles. The van der Waals surface area contributed by atoms with Crippen LogP contribution in [0.5, 0.6) is 0 Å². The maximum absolute atomic E-state index is 12.0. The highest BCUT2D eigenvalue weighted by atomic mass is 35.5. The van der Waals surface area contributed by atoms with E-state index in [1.807, 2.05) is 0 Å². The molecule has 102 valence electrons. The largest absolute Gasteiger partial charge is 0.263 e. The molecule has 0 amide bonds. The van der Waals surface area contributed by atoms with E-state index in [4.69, 9.17) is 11.6 Å². The third kappa shape index (κ3) is 4.92. The quantitative estimate of drug-likeness (QED) is 0.748. The number of alkyl halides is 1. The molecule has 0 saturated heterocycles. The Morgan fingerprint density at radius 1 is 1.44 bits per heavy atom. The first-order valence-electron chi connectivity index (χ1n) is 6.05. The number of hydrogen-bond acceptors (Lipinski definition) is 3. The van der Waals surface area contributed by atoms with Crippen molar-refractivity contribution in [1.29, 1.82) is 0 Å². The van der Waals surface area contributed by atoms with Gasteiger partial charge in [0.1, 0.15) is 4.90 Å². The zero-order valence-electron chi connectivity index (χ0n) is 10.5. The second-order valence-electron chi connectivity index (χ2n) is 4.17. The van der Waals surface area contributed by atoms with Gasteiger partial charge in [-0.3, -0.25) is 4.98 Å². The molecule has 1 heterocycles. The van der Waals surface area contributed by atoms with Gasteiger partial charge < -0.3 is 0 Å². The first-order chi connectivity index (χ1) is 8.60. The van der Waals surface area contributed by atoms with Gasteiger partial charge in [-0.05, 0) is 30.9 Å². The van der Waals surface area contributed by atoms with Crippen molar-refractivity contribution in [2.24, 2.45) is 5.92 Å². The molecule has 0 spiro atoms. The summed E-state index contributed by atoms with van der Waals surface area (Å²) < 4.78 is 26.5. The summed E-state index contributed by atoms with van der Waals surface area (Å²) in [5, 5.41) is 0. The minimum absolute atomic E-state index is 0.200. The van der Waals surface area contributed by atoms with E-state index in [0.717, 1.165) is 19.3 Å². The second kappa shape index (κ2) is 7.71. The normalized spacial score (nSPS) is 13.4. The Bertz CT molecular complexity index is 431. The van der Waals surface area contributed by atoms with Crippen LogP contribution in [0.3, 0.4) is 0 Å². The van der Waals surface area contributed by atoms with Crippen LogP contribution in [-0.2, 0) is 10.0 Å². The fraction of sp³-hybridized carbons (Fsp3) is 0.583. The molecule has 0 aliphatic carbocycles. The summed E-state index contributed by atoms with van der Waals surface area (Å²) in [6.45, 7) is 2.51. The molecule has 1 unspecified atom stereocenters. The molecular formula is C12H19ClN2O2S. The minimum Gasteiger partial charge on any atom is -0.263 e. The van der Waals surface area contributed by atoms with Gasteiger partial charge in [0, 0.05) is 24.8 Å². The molecule has 0 bridgehead atoms. The van der Waals surface area contributed by atoms with Gasteiger partial charge in [0.05, 0.1) is 0 Å². The molecular weight excluding hydrogens is 272 g/mol. The monoisotopic (exact) mass is 290 g/mol. The van der Waals surface area contributed by atoms with Crippen LogP contribution in [0.2, 0.25) is 0 Å². The lowest BCUT2D eigenvalue weighted by molar-refractivity contribution is 0.457. The highest BCUT2D eigenvalue weighted by Crippen LogP contribution is 2.13. The molecule has 0 saturated carbocycles. The molecule has 1 aromatic heterocycles. The molecule has 1 atom stereocenters. The number of nitrogens with zero attached hydrogens (tertiary/aromatic N) is 1. The van der Waals surface area contributed by atoms with Gasteiger partial charge in [-0.15, -0.1) is 11.6 Å². The summed E-state index contributed by atoms with van der Waals surface area (Å²) in [7, 11) is -3.45. The fourth-order valence-electron chi connectivity index (χ4n) is 1.73. The third-order valence-electron chi connectivity index (χ3n) is 2.72. The number of pyridine rings is 1. The maximum Gasteiger partial charge on any atom is 0.242 e. The van der Waals surface area contributed by atoms with Crippen LogP contribution >= 0.6 is 11.6 Å². The molecule has 18 heavy (non-hydrogen) atoms. The Balaban J connectivity index is 2.61. The van der Waals surface area contributed by atoms with Crippen molar-refractivity contribution < 1.29 is 8.42 Å². The Morgan fingerprint density at radius 3 is 2.78 bits per heavy atom. The predicted octanol–water partition coefficient (Wildman–Crippen LogP) is 2.41. The summed E-state index contributed by atoms with van der Waals surface area (Å²) in [4.78, 5) is 4.01. The number of nitrogens with one attached hydrogen (secondary N) is 1. The van der Waals surface area contributed by atoms with Gasteiger partial charge in [-0.1, -0.05) is 13.3 Å². The van der Waals surface area contributed by atoms with Crippen LogP contribution in [-0.4, -0.2) is 25.8 Å². The third-order valence-corrected chi connectivity index (χ3v) is 4.35. The Morgan fingerprint density at radius 2 is 2.22 bits per heavy atom. The van der Waals surface area contributed by atoms with Gasteiger partial charge in [0.25, 0.3) is 0 Å². The number of halogens is 1. The molecule has 0 radical (unpaired) electrons. The van der Waals surface area contributed by atoms with Gasteiger partial charge in [-0.25, -0.2) is 13.1 Å². The summed E-state index contributed by atoms with van der Waals surface area (Å²) in [6, 6.07) is 3.14. The van der Waals surface area contributed by atoms with E-state index < -0.39 is 10.0 Å². The van der Waals surface area contributed by atoms with E-state index in [1.165, 1.54) is 12.3 Å². The van der Waals surface area contributed by atoms with Crippen molar-refractivity contribution in [1.82, 2.24) is 9.71 Å². The lowest BCUT2D eigenvalue weighted by atomic mass is 10.0. The van der Waals surface area contributed by atoms with Gasteiger partial charge in [0.2, 0.25) is 10.0 Å². The van der Waals surface area contributed by atoms with E-state index in [2.05, 4.69) is 16.6 Å². The molecule has 0 fully saturated rings. The fourth-order valence-corrected chi connectivity index (χ4v) is 3.12. The van der Waals surface area contributed by atoms with Crippen LogP contribution in [0, 0.1) is 5.92 Å². The van der Waals surface area contributed by atoms with E-state index in [1.54, 1.807) is 12.3 Å². The first-order valence-corrected chi connectivity index (χ1v) is 8.07. The van der Waals surface area contributed by atoms with Gasteiger partial charge in [0.15, 0.2) is 0 Å². The lowest BCUT2D eigenvalue weighted by Gasteiger charge is -2.15. The zero-order valence-corrected chi connectivity index (χ0v) is 12.0. The van der Waals surface area contributed by atoms with Crippen molar-refractivity contribution in [2.45, 2.75) is 31.1 Å². The van der Waals surface area contributed by atoms with Crippen molar-refractivity contribution >= 4 is 21.6 Å². The van der Waals surface area contributed by atoms with Crippen molar-refractivity contribution in [2.75, 3.05) is 12.4 Å². The Labute approximate surface area is 114 Å². The Hall–Kier alpha value is -0.650. The van der Waals surface area contributed by atoms with Gasteiger partial charge >= 0.3 is 0 Å². The number of aromatic nitrogens is 1. The highest BCUT2D eigenvalue weighted by molar-refractivity contribution is 7.89. The summed E-state index contributed by atoms with van der Waals surface area (Å²) in [5.41, 5.74) is 0. The second-order valence-corrected chi connectivity index (χ2v) is 6.32. The molecule has 1 aromatic rings. The molecule has 1 rings (SSSR count). The van der Waals surface area contributed by atoms with Crippen molar-refractivity contribution in [3.05, 3.63) is 24.5 Å². The molecule has 0 aromatic carbocycles. The van der Waals surface area contributed by atoms with E-state index >= 15 is 0 Å². The number of hydrogen-bond donors (Lipinski definition) is 1. The van der Waals surface area contributed by atoms with Crippen molar-refractivity contribution in [3.63, 3.8) is 0 Å². The minimum atomic E-state index is -3.45. The SMILES string of the molecule is CCCC(CCCl)CNS(=O)(=O)c1cccnc1. The first kappa shape index (κ1) is 15.4. The molecule has 0 aliphatic rings. The summed E-state index contributed by atoms with van der Waals surface area (Å²) >= 11 is 5.71. The lowest BCUT2D eigenvalue weighted by Crippen LogP contribution is -2.29. The van der Waals surface area contributed by atoms with E-state index in [-0.39, 0.29) is 4.90 Å². The number of rotatable bonds is 8. The Kier molecular flexibility index (Phi) is 6.60. The van der Waals surface area contributed by atoms with Crippen molar-refractivity contribution in [3.8, 4) is 0 Å². The number of sulfonamides is 1. The van der Waals surface area contributed by atoms with Crippen LogP contribution < -0.4 is 4.72 Å². The van der Waals surface area contributed by atoms with E-state index in [9.17, 15) is 8.42 Å². The molecule has 1 N–H and O–H groups in total. The smallest absolute Gasteiger partial charge is 0.242 e. The maximum atomic E-state index is 12.0. The predicted molar refractivity (Wildman–Crippen MR) is 73.2 cm³/mol. The molecule has 6 heteroatoms. The summed E-state index contributed by atoms with van der Waals surface area (Å²) in [6.07, 6.45) is 5.72. The average Bonchev–Trinajstić information content (AvgIpc) is 2.38. The topological polar surface area (TPSA) is 59.1 Å².